The molecule has 0 aromatic heterocycles. The molecule has 98 valence electrons. The average molecular weight is 506 g/mol. The number of hydrogen-bond acceptors (Lipinski definition) is 2. The van der Waals surface area contributed by atoms with Crippen LogP contribution in [-0.4, -0.2) is 18.8 Å². The lowest BCUT2D eigenvalue weighted by Crippen LogP contribution is -2.08. The quantitative estimate of drug-likeness (QED) is 0.301. The molecule has 1 fully saturated rings. The van der Waals surface area contributed by atoms with E-state index in [1.165, 1.54) is 0 Å². The van der Waals surface area contributed by atoms with Crippen LogP contribution in [0.2, 0.25) is 0 Å². The standard InChI is InChI=1S/C12H10Br4O2/c1-2-3-8-9(18-8)5-17-12-10(15)6(13)4-7(14)11(12)16/h2,4,8-9H,1,3,5H2. The molecule has 1 aliphatic heterocycles. The minimum Gasteiger partial charge on any atom is -0.488 e. The van der Waals surface area contributed by atoms with E-state index in [9.17, 15) is 0 Å². The molecule has 0 aliphatic carbocycles. The minimum absolute atomic E-state index is 0.166. The van der Waals surface area contributed by atoms with Gasteiger partial charge in [0.25, 0.3) is 0 Å². The molecular weight excluding hydrogens is 496 g/mol. The van der Waals surface area contributed by atoms with Crippen molar-refractivity contribution >= 4 is 63.7 Å². The summed E-state index contributed by atoms with van der Waals surface area (Å²) in [6, 6.07) is 1.95. The maximum atomic E-state index is 5.82. The second-order valence-electron chi connectivity index (χ2n) is 3.85. The van der Waals surface area contributed by atoms with Gasteiger partial charge in [-0.25, -0.2) is 0 Å². The molecule has 2 rings (SSSR count). The van der Waals surface area contributed by atoms with Gasteiger partial charge in [-0.05, 0) is 76.2 Å². The normalized spacial score (nSPS) is 21.8. The molecule has 1 saturated heterocycles. The fourth-order valence-electron chi connectivity index (χ4n) is 1.54. The number of halogens is 4. The first-order chi connectivity index (χ1) is 8.54. The third kappa shape index (κ3) is 3.39. The van der Waals surface area contributed by atoms with Crippen molar-refractivity contribution in [1.82, 2.24) is 0 Å². The summed E-state index contributed by atoms with van der Waals surface area (Å²) in [5.74, 6) is 0.768. The fourth-order valence-corrected chi connectivity index (χ4v) is 3.79. The Bertz CT molecular complexity index is 449. The largest absolute Gasteiger partial charge is 0.488 e. The molecule has 2 atom stereocenters. The molecule has 6 heteroatoms. The second-order valence-corrected chi connectivity index (χ2v) is 7.14. The molecule has 1 aliphatic rings. The molecule has 0 saturated carbocycles. The van der Waals surface area contributed by atoms with E-state index in [0.717, 1.165) is 30.1 Å². The summed E-state index contributed by atoms with van der Waals surface area (Å²) in [6.45, 7) is 4.24. The van der Waals surface area contributed by atoms with E-state index in [2.05, 4.69) is 70.3 Å². The Morgan fingerprint density at radius 1 is 1.17 bits per heavy atom. The first-order valence-corrected chi connectivity index (χ1v) is 8.44. The van der Waals surface area contributed by atoms with E-state index in [0.29, 0.717) is 6.61 Å². The van der Waals surface area contributed by atoms with Crippen molar-refractivity contribution in [1.29, 1.82) is 0 Å². The Hall–Kier alpha value is 0.640. The Kier molecular flexibility index (Phi) is 5.34. The topological polar surface area (TPSA) is 21.8 Å². The molecule has 1 aromatic carbocycles. The Labute approximate surface area is 140 Å². The predicted molar refractivity (Wildman–Crippen MR) is 86.2 cm³/mol. The summed E-state index contributed by atoms with van der Waals surface area (Å²) in [5, 5.41) is 0. The van der Waals surface area contributed by atoms with Crippen molar-refractivity contribution in [3.8, 4) is 5.75 Å². The van der Waals surface area contributed by atoms with E-state index in [-0.39, 0.29) is 12.2 Å². The fraction of sp³-hybridized carbons (Fsp3) is 0.333. The van der Waals surface area contributed by atoms with Gasteiger partial charge in [-0.3, -0.25) is 0 Å². The summed E-state index contributed by atoms with van der Waals surface area (Å²) in [7, 11) is 0. The molecule has 2 nitrogen and oxygen atoms in total. The Balaban J connectivity index is 2.04. The molecule has 0 amide bonds. The van der Waals surface area contributed by atoms with Gasteiger partial charge < -0.3 is 9.47 Å². The number of epoxide rings is 1. The molecule has 0 radical (unpaired) electrons. The maximum Gasteiger partial charge on any atom is 0.150 e. The SMILES string of the molecule is C=CCC1OC1COc1c(Br)c(Br)cc(Br)c1Br. The smallest absolute Gasteiger partial charge is 0.150 e. The minimum atomic E-state index is 0.166. The number of hydrogen-bond donors (Lipinski definition) is 0. The van der Waals surface area contributed by atoms with Gasteiger partial charge in [0.2, 0.25) is 0 Å². The first-order valence-electron chi connectivity index (χ1n) is 5.26. The number of rotatable bonds is 5. The van der Waals surface area contributed by atoms with Crippen LogP contribution in [0.25, 0.3) is 0 Å². The average Bonchev–Trinajstić information content (AvgIpc) is 3.06. The van der Waals surface area contributed by atoms with Crippen LogP contribution >= 0.6 is 63.7 Å². The highest BCUT2D eigenvalue weighted by Crippen LogP contribution is 2.43. The summed E-state index contributed by atoms with van der Waals surface area (Å²) in [5.41, 5.74) is 0. The van der Waals surface area contributed by atoms with Crippen molar-refractivity contribution in [2.24, 2.45) is 0 Å². The van der Waals surface area contributed by atoms with E-state index >= 15 is 0 Å². The zero-order valence-electron chi connectivity index (χ0n) is 9.26. The second kappa shape index (κ2) is 6.39. The lowest BCUT2D eigenvalue weighted by atomic mass is 10.2. The van der Waals surface area contributed by atoms with E-state index in [1.54, 1.807) is 0 Å². The van der Waals surface area contributed by atoms with Crippen LogP contribution in [0.4, 0.5) is 0 Å². The molecular formula is C12H10Br4O2. The zero-order valence-corrected chi connectivity index (χ0v) is 15.6. The molecule has 1 heterocycles. The first kappa shape index (κ1) is 15.0. The third-order valence-electron chi connectivity index (χ3n) is 2.55. The summed E-state index contributed by atoms with van der Waals surface area (Å²) >= 11 is 13.9. The zero-order chi connectivity index (χ0) is 13.3. The van der Waals surface area contributed by atoms with Crippen LogP contribution in [0.5, 0.6) is 5.75 Å². The third-order valence-corrected chi connectivity index (χ3v) is 6.44. The van der Waals surface area contributed by atoms with Crippen molar-refractivity contribution in [2.75, 3.05) is 6.61 Å². The lowest BCUT2D eigenvalue weighted by Gasteiger charge is -2.12. The van der Waals surface area contributed by atoms with Gasteiger partial charge in [0.05, 0.1) is 15.0 Å². The highest BCUT2D eigenvalue weighted by Gasteiger charge is 2.38. The molecule has 2 unspecified atom stereocenters. The van der Waals surface area contributed by atoms with Gasteiger partial charge in [0.15, 0.2) is 0 Å². The Morgan fingerprint density at radius 2 is 1.78 bits per heavy atom. The van der Waals surface area contributed by atoms with Crippen LogP contribution in [0.3, 0.4) is 0 Å². The van der Waals surface area contributed by atoms with Crippen LogP contribution in [0, 0.1) is 0 Å². The van der Waals surface area contributed by atoms with Gasteiger partial charge in [-0.2, -0.15) is 0 Å². The summed E-state index contributed by atoms with van der Waals surface area (Å²) in [6.07, 6.45) is 3.17. The van der Waals surface area contributed by atoms with Gasteiger partial charge in [-0.15, -0.1) is 6.58 Å². The van der Waals surface area contributed by atoms with Gasteiger partial charge in [0.1, 0.15) is 18.5 Å². The van der Waals surface area contributed by atoms with Gasteiger partial charge in [0, 0.05) is 8.95 Å². The van der Waals surface area contributed by atoms with Gasteiger partial charge in [-0.1, -0.05) is 6.08 Å². The highest BCUT2D eigenvalue weighted by molar-refractivity contribution is 9.14. The molecule has 0 bridgehead atoms. The molecule has 0 N–H and O–H groups in total. The van der Waals surface area contributed by atoms with Crippen LogP contribution in [-0.2, 0) is 4.74 Å². The van der Waals surface area contributed by atoms with E-state index in [1.807, 2.05) is 12.1 Å². The molecule has 1 aromatic rings. The van der Waals surface area contributed by atoms with Crippen molar-refractivity contribution in [3.05, 3.63) is 36.6 Å². The Morgan fingerprint density at radius 3 is 2.33 bits per heavy atom. The number of ether oxygens (including phenoxy) is 2. The van der Waals surface area contributed by atoms with Crippen molar-refractivity contribution in [3.63, 3.8) is 0 Å². The lowest BCUT2D eigenvalue weighted by molar-refractivity contribution is 0.257. The van der Waals surface area contributed by atoms with Crippen LogP contribution < -0.4 is 4.74 Å². The predicted octanol–water partition coefficient (Wildman–Crippen LogP) is 5.46. The monoisotopic (exact) mass is 502 g/mol. The molecule has 18 heavy (non-hydrogen) atoms. The van der Waals surface area contributed by atoms with Crippen LogP contribution in [0.15, 0.2) is 36.6 Å². The summed E-state index contributed by atoms with van der Waals surface area (Å²) < 4.78 is 14.9. The maximum absolute atomic E-state index is 5.82. The van der Waals surface area contributed by atoms with E-state index in [4.69, 9.17) is 9.47 Å². The van der Waals surface area contributed by atoms with Crippen molar-refractivity contribution < 1.29 is 9.47 Å². The summed E-state index contributed by atoms with van der Waals surface area (Å²) in [4.78, 5) is 0. The van der Waals surface area contributed by atoms with Crippen molar-refractivity contribution in [2.45, 2.75) is 18.6 Å². The molecule has 0 spiro atoms. The highest BCUT2D eigenvalue weighted by atomic mass is 79.9. The number of benzene rings is 1. The van der Waals surface area contributed by atoms with Gasteiger partial charge >= 0.3 is 0 Å². The van der Waals surface area contributed by atoms with E-state index < -0.39 is 0 Å². The van der Waals surface area contributed by atoms with Crippen LogP contribution in [0.1, 0.15) is 6.42 Å².